The van der Waals surface area contributed by atoms with E-state index in [0.717, 1.165) is 30.7 Å². The van der Waals surface area contributed by atoms with Gasteiger partial charge in [0.1, 0.15) is 11.9 Å². The van der Waals surface area contributed by atoms with Gasteiger partial charge in [-0.05, 0) is 24.3 Å². The van der Waals surface area contributed by atoms with Crippen molar-refractivity contribution in [3.63, 3.8) is 0 Å². The molecule has 2 heterocycles. The van der Waals surface area contributed by atoms with E-state index in [9.17, 15) is 26.0 Å². The van der Waals surface area contributed by atoms with Crippen molar-refractivity contribution in [3.05, 3.63) is 60.3 Å². The summed E-state index contributed by atoms with van der Waals surface area (Å²) in [5, 5.41) is 5.02. The van der Waals surface area contributed by atoms with Gasteiger partial charge in [0.25, 0.3) is 0 Å². The Morgan fingerprint density at radius 3 is 2.19 bits per heavy atom. The fourth-order valence-electron chi connectivity index (χ4n) is 2.44. The molecule has 136 valence electrons. The summed E-state index contributed by atoms with van der Waals surface area (Å²) in [5.74, 6) is -0.972. The van der Waals surface area contributed by atoms with Crippen molar-refractivity contribution in [2.24, 2.45) is 10.1 Å². The number of sulfonamides is 1. The highest BCUT2D eigenvalue weighted by molar-refractivity contribution is 7.89. The van der Waals surface area contributed by atoms with E-state index in [0.29, 0.717) is 0 Å². The van der Waals surface area contributed by atoms with Crippen LogP contribution in [0.15, 0.2) is 64.2 Å². The lowest BCUT2D eigenvalue weighted by Crippen LogP contribution is -2.36. The Morgan fingerprint density at radius 2 is 1.69 bits per heavy atom. The molecule has 6 nitrogen and oxygen atoms in total. The molecule has 1 aliphatic heterocycles. The zero-order valence-electron chi connectivity index (χ0n) is 12.9. The highest BCUT2D eigenvalue weighted by Gasteiger charge is 2.45. The van der Waals surface area contributed by atoms with Crippen LogP contribution >= 0.6 is 0 Å². The summed E-state index contributed by atoms with van der Waals surface area (Å²) < 4.78 is 74.7. The van der Waals surface area contributed by atoms with Gasteiger partial charge in [-0.15, -0.1) is 0 Å². The average Bonchev–Trinajstić information content (AvgIpc) is 3.01. The predicted molar refractivity (Wildman–Crippen MR) is 86.1 cm³/mol. The Balaban J connectivity index is 2.21. The molecule has 1 aliphatic rings. The minimum absolute atomic E-state index is 0.0867. The Kier molecular flexibility index (Phi) is 4.17. The largest absolute Gasteiger partial charge is 0.438 e. The number of alkyl halides is 3. The van der Waals surface area contributed by atoms with E-state index in [1.54, 1.807) is 0 Å². The molecule has 1 aromatic carbocycles. The summed E-state index contributed by atoms with van der Waals surface area (Å²) in [5.41, 5.74) is -1.02. The maximum absolute atomic E-state index is 13.6. The van der Waals surface area contributed by atoms with Crippen LogP contribution in [0.2, 0.25) is 0 Å². The molecule has 0 radical (unpaired) electrons. The van der Waals surface area contributed by atoms with E-state index in [1.807, 2.05) is 0 Å². The fraction of sp³-hybridized carbons (Fsp3) is 0.0667. The summed E-state index contributed by atoms with van der Waals surface area (Å²) in [6, 6.07) is 8.46. The summed E-state index contributed by atoms with van der Waals surface area (Å²) in [7, 11) is -3.98. The SMILES string of the molecule is NS(=O)(=O)c1ccc([N+]2(c3cccc(F)n3)C=NC(C(F)(F)F)=C2)cc1. The van der Waals surface area contributed by atoms with Gasteiger partial charge in [0, 0.05) is 18.2 Å². The maximum Gasteiger partial charge on any atom is 0.438 e. The van der Waals surface area contributed by atoms with Crippen LogP contribution in [-0.2, 0) is 10.0 Å². The third kappa shape index (κ3) is 3.23. The number of aliphatic imine (C=N–C) groups is 1. The molecular formula is C15H11F4N4O2S+. The average molecular weight is 387 g/mol. The van der Waals surface area contributed by atoms with Gasteiger partial charge in [0.05, 0.1) is 4.90 Å². The van der Waals surface area contributed by atoms with Crippen LogP contribution in [0, 0.1) is 5.95 Å². The number of allylic oxidation sites excluding steroid dienone is 1. The number of nitrogens with zero attached hydrogens (tertiary/aromatic N) is 3. The van der Waals surface area contributed by atoms with Crippen molar-refractivity contribution in [2.75, 3.05) is 0 Å². The molecular weight excluding hydrogens is 376 g/mol. The molecule has 26 heavy (non-hydrogen) atoms. The van der Waals surface area contributed by atoms with Crippen molar-refractivity contribution < 1.29 is 26.0 Å². The Hall–Kier alpha value is -2.63. The van der Waals surface area contributed by atoms with Gasteiger partial charge < -0.3 is 0 Å². The van der Waals surface area contributed by atoms with Crippen molar-refractivity contribution in [1.82, 2.24) is 9.47 Å². The van der Waals surface area contributed by atoms with Gasteiger partial charge >= 0.3 is 6.18 Å². The molecule has 2 aromatic rings. The van der Waals surface area contributed by atoms with Crippen molar-refractivity contribution >= 4 is 27.9 Å². The minimum atomic E-state index is -4.72. The molecule has 0 spiro atoms. The quantitative estimate of drug-likeness (QED) is 0.499. The second-order valence-electron chi connectivity index (χ2n) is 5.39. The number of halogens is 4. The molecule has 0 amide bonds. The predicted octanol–water partition coefficient (Wildman–Crippen LogP) is 2.95. The van der Waals surface area contributed by atoms with Gasteiger partial charge in [0.15, 0.2) is 0 Å². The second kappa shape index (κ2) is 5.97. The summed E-state index contributed by atoms with van der Waals surface area (Å²) >= 11 is 0. The molecule has 0 aliphatic carbocycles. The smallest absolute Gasteiger partial charge is 0.225 e. The molecule has 1 aromatic heterocycles. The Morgan fingerprint density at radius 1 is 1.04 bits per heavy atom. The molecule has 0 fully saturated rings. The number of benzene rings is 1. The number of nitrogens with two attached hydrogens (primary N) is 1. The van der Waals surface area contributed by atoms with Gasteiger partial charge in [0.2, 0.25) is 33.8 Å². The Labute approximate surface area is 145 Å². The third-order valence-electron chi connectivity index (χ3n) is 3.67. The number of hydrogen-bond acceptors (Lipinski definition) is 4. The fourth-order valence-corrected chi connectivity index (χ4v) is 2.96. The van der Waals surface area contributed by atoms with Gasteiger partial charge in [-0.3, -0.25) is 0 Å². The number of hydrogen-bond donors (Lipinski definition) is 1. The minimum Gasteiger partial charge on any atom is -0.225 e. The van der Waals surface area contributed by atoms with Gasteiger partial charge in [-0.1, -0.05) is 0 Å². The van der Waals surface area contributed by atoms with E-state index in [4.69, 9.17) is 5.14 Å². The van der Waals surface area contributed by atoms with Crippen molar-refractivity contribution in [2.45, 2.75) is 11.1 Å². The molecule has 1 unspecified atom stereocenters. The Bertz CT molecular complexity index is 1020. The van der Waals surface area contributed by atoms with Crippen LogP contribution < -0.4 is 9.62 Å². The highest BCUT2D eigenvalue weighted by atomic mass is 32.2. The lowest BCUT2D eigenvalue weighted by molar-refractivity contribution is -0.0923. The first-order valence-electron chi connectivity index (χ1n) is 7.03. The summed E-state index contributed by atoms with van der Waals surface area (Å²) in [4.78, 5) is 6.82. The lowest BCUT2D eigenvalue weighted by Gasteiger charge is -2.25. The van der Waals surface area contributed by atoms with Crippen LogP contribution in [-0.4, -0.2) is 25.9 Å². The van der Waals surface area contributed by atoms with Gasteiger partial charge in [-0.2, -0.15) is 32.0 Å². The van der Waals surface area contributed by atoms with E-state index < -0.39 is 32.3 Å². The summed E-state index contributed by atoms with van der Waals surface area (Å²) in [6.07, 6.45) is -3.02. The van der Waals surface area contributed by atoms with E-state index in [-0.39, 0.29) is 16.4 Å². The second-order valence-corrected chi connectivity index (χ2v) is 6.95. The van der Waals surface area contributed by atoms with Crippen LogP contribution in [0.25, 0.3) is 0 Å². The first kappa shape index (κ1) is 18.2. The zero-order chi connectivity index (χ0) is 19.2. The van der Waals surface area contributed by atoms with Crippen molar-refractivity contribution in [3.8, 4) is 0 Å². The normalized spacial score (nSPS) is 20.3. The number of pyridine rings is 1. The van der Waals surface area contributed by atoms with Crippen LogP contribution in [0.3, 0.4) is 0 Å². The van der Waals surface area contributed by atoms with Crippen LogP contribution in [0.4, 0.5) is 29.1 Å². The molecule has 0 saturated carbocycles. The van der Waals surface area contributed by atoms with Crippen LogP contribution in [0.1, 0.15) is 0 Å². The molecule has 0 bridgehead atoms. The zero-order valence-corrected chi connectivity index (χ0v) is 13.7. The number of rotatable bonds is 3. The van der Waals surface area contributed by atoms with Crippen LogP contribution in [0.5, 0.6) is 0 Å². The molecule has 1 atom stereocenters. The standard InChI is InChI=1S/C15H11F4N4O2S/c16-13-2-1-3-14(22-13)23(8-12(21-9-23)15(17,18)19)10-4-6-11(7-5-10)26(20,24)25/h1-9H,(H2,20,24,25)/q+1. The topological polar surface area (TPSA) is 85.4 Å². The third-order valence-corrected chi connectivity index (χ3v) is 4.60. The maximum atomic E-state index is 13.6. The molecule has 3 rings (SSSR count). The van der Waals surface area contributed by atoms with E-state index in [2.05, 4.69) is 9.98 Å². The monoisotopic (exact) mass is 387 g/mol. The molecule has 2 N–H and O–H groups in total. The number of quaternary nitrogens is 1. The first-order chi connectivity index (χ1) is 12.0. The molecule has 11 heteroatoms. The van der Waals surface area contributed by atoms with E-state index >= 15 is 0 Å². The highest BCUT2D eigenvalue weighted by Crippen LogP contribution is 2.40. The van der Waals surface area contributed by atoms with Crippen molar-refractivity contribution in [1.29, 1.82) is 0 Å². The summed E-state index contributed by atoms with van der Waals surface area (Å²) in [6.45, 7) is 0. The number of primary sulfonamides is 1. The van der Waals surface area contributed by atoms with Gasteiger partial charge in [-0.25, -0.2) is 13.6 Å². The number of aromatic nitrogens is 1. The first-order valence-corrected chi connectivity index (χ1v) is 8.57. The van der Waals surface area contributed by atoms with E-state index in [1.165, 1.54) is 24.3 Å². The molecule has 0 saturated heterocycles. The lowest BCUT2D eigenvalue weighted by atomic mass is 10.2.